The van der Waals surface area contributed by atoms with Crippen LogP contribution in [0, 0.1) is 5.82 Å². The minimum Gasteiger partial charge on any atom is -0.356 e. The highest BCUT2D eigenvalue weighted by Crippen LogP contribution is 2.22. The predicted octanol–water partition coefficient (Wildman–Crippen LogP) is 3.32. The lowest BCUT2D eigenvalue weighted by atomic mass is 10.2. The molecule has 1 saturated heterocycles. The zero-order valence-electron chi connectivity index (χ0n) is 14.5. The molecule has 2 rings (SSSR count). The minimum atomic E-state index is -4.10. The normalized spacial score (nSPS) is 17.8. The summed E-state index contributed by atoms with van der Waals surface area (Å²) < 4.78 is 50.1. The van der Waals surface area contributed by atoms with Gasteiger partial charge < -0.3 is 15.5 Å². The Labute approximate surface area is 167 Å². The molecule has 1 aromatic heterocycles. The van der Waals surface area contributed by atoms with Gasteiger partial charge in [0.2, 0.25) is 0 Å². The molecule has 1 aromatic rings. The van der Waals surface area contributed by atoms with E-state index in [1.165, 1.54) is 6.07 Å². The van der Waals surface area contributed by atoms with E-state index in [4.69, 9.17) is 0 Å². The number of nitrogens with one attached hydrogen (secondary N) is 2. The van der Waals surface area contributed by atoms with Gasteiger partial charge in [-0.05, 0) is 31.4 Å². The van der Waals surface area contributed by atoms with E-state index in [2.05, 4.69) is 20.6 Å². The van der Waals surface area contributed by atoms with Crippen LogP contribution in [0.2, 0.25) is 0 Å². The van der Waals surface area contributed by atoms with Gasteiger partial charge >= 0.3 is 6.18 Å². The lowest BCUT2D eigenvalue weighted by Gasteiger charge is -2.20. The fourth-order valence-electron chi connectivity index (χ4n) is 2.73. The van der Waals surface area contributed by atoms with Gasteiger partial charge in [0.05, 0.1) is 0 Å². The molecule has 0 aliphatic carbocycles. The minimum absolute atomic E-state index is 0. The second kappa shape index (κ2) is 10.7. The highest BCUT2D eigenvalue weighted by molar-refractivity contribution is 14.0. The maximum absolute atomic E-state index is 13.8. The molecule has 1 aliphatic rings. The number of nitrogens with zero attached hydrogens (tertiary/aromatic N) is 3. The first-order valence-corrected chi connectivity index (χ1v) is 8.28. The van der Waals surface area contributed by atoms with Crippen molar-refractivity contribution in [3.63, 3.8) is 0 Å². The molecule has 0 spiro atoms. The Bertz CT molecular complexity index is 582. The molecular weight excluding hydrogens is 465 g/mol. The van der Waals surface area contributed by atoms with Crippen LogP contribution in [-0.2, 0) is 0 Å². The molecule has 1 atom stereocenters. The summed E-state index contributed by atoms with van der Waals surface area (Å²) in [5.41, 5.74) is 0. The van der Waals surface area contributed by atoms with Crippen molar-refractivity contribution in [2.75, 3.05) is 31.6 Å². The first-order valence-electron chi connectivity index (χ1n) is 8.28. The number of pyridine rings is 1. The van der Waals surface area contributed by atoms with Crippen molar-refractivity contribution >= 4 is 35.8 Å². The molecule has 2 N–H and O–H groups in total. The number of hydrogen-bond acceptors (Lipinski definition) is 3. The molecule has 0 bridgehead atoms. The van der Waals surface area contributed by atoms with Crippen LogP contribution in [0.15, 0.2) is 23.3 Å². The first kappa shape index (κ1) is 22.7. The van der Waals surface area contributed by atoms with Gasteiger partial charge in [0.1, 0.15) is 0 Å². The number of aromatic nitrogens is 1. The molecule has 1 aliphatic heterocycles. The summed E-state index contributed by atoms with van der Waals surface area (Å²) in [5, 5.41) is 6.23. The van der Waals surface area contributed by atoms with E-state index in [9.17, 15) is 17.6 Å². The molecule has 148 valence electrons. The SMILES string of the molecule is CN=C(NCCCCC(F)(F)F)NC1CCN(c2ncccc2F)C1.I. The first-order chi connectivity index (χ1) is 11.9. The average molecular weight is 489 g/mol. The van der Waals surface area contributed by atoms with Crippen molar-refractivity contribution in [3.8, 4) is 0 Å². The highest BCUT2D eigenvalue weighted by Gasteiger charge is 2.27. The summed E-state index contributed by atoms with van der Waals surface area (Å²) in [6, 6.07) is 3.00. The van der Waals surface area contributed by atoms with Gasteiger partial charge in [-0.25, -0.2) is 9.37 Å². The van der Waals surface area contributed by atoms with Gasteiger partial charge in [-0.15, -0.1) is 24.0 Å². The van der Waals surface area contributed by atoms with Gasteiger partial charge in [0.25, 0.3) is 0 Å². The predicted molar refractivity (Wildman–Crippen MR) is 105 cm³/mol. The van der Waals surface area contributed by atoms with Crippen molar-refractivity contribution in [3.05, 3.63) is 24.1 Å². The number of guanidine groups is 1. The molecule has 1 fully saturated rings. The Morgan fingerprint density at radius 1 is 1.38 bits per heavy atom. The fourth-order valence-corrected chi connectivity index (χ4v) is 2.73. The molecule has 26 heavy (non-hydrogen) atoms. The summed E-state index contributed by atoms with van der Waals surface area (Å²) >= 11 is 0. The van der Waals surface area contributed by atoms with E-state index in [1.54, 1.807) is 19.3 Å². The van der Waals surface area contributed by atoms with E-state index in [-0.39, 0.29) is 42.3 Å². The molecule has 0 amide bonds. The molecule has 10 heteroatoms. The molecule has 5 nitrogen and oxygen atoms in total. The quantitative estimate of drug-likeness (QED) is 0.212. The van der Waals surface area contributed by atoms with E-state index < -0.39 is 12.6 Å². The van der Waals surface area contributed by atoms with Crippen molar-refractivity contribution in [2.24, 2.45) is 4.99 Å². The largest absolute Gasteiger partial charge is 0.389 e. The van der Waals surface area contributed by atoms with Crippen LogP contribution < -0.4 is 15.5 Å². The number of rotatable bonds is 6. The maximum Gasteiger partial charge on any atom is 0.389 e. The average Bonchev–Trinajstić information content (AvgIpc) is 3.01. The van der Waals surface area contributed by atoms with Gasteiger partial charge in [0, 0.05) is 45.3 Å². The lowest BCUT2D eigenvalue weighted by Crippen LogP contribution is -2.45. The topological polar surface area (TPSA) is 52.6 Å². The van der Waals surface area contributed by atoms with Crippen molar-refractivity contribution < 1.29 is 17.6 Å². The molecular formula is C16H24F4IN5. The zero-order chi connectivity index (χ0) is 18.3. The molecule has 0 saturated carbocycles. The van der Waals surface area contributed by atoms with E-state index in [1.807, 2.05) is 4.90 Å². The van der Waals surface area contributed by atoms with Crippen LogP contribution in [0.3, 0.4) is 0 Å². The second-order valence-electron chi connectivity index (χ2n) is 5.96. The molecule has 0 aromatic carbocycles. The summed E-state index contributed by atoms with van der Waals surface area (Å²) in [6.07, 6.45) is -2.02. The number of halogens is 5. The fraction of sp³-hybridized carbons (Fsp3) is 0.625. The monoisotopic (exact) mass is 489 g/mol. The van der Waals surface area contributed by atoms with Crippen LogP contribution in [0.1, 0.15) is 25.7 Å². The summed E-state index contributed by atoms with van der Waals surface area (Å²) in [7, 11) is 1.61. The summed E-state index contributed by atoms with van der Waals surface area (Å²) in [6.45, 7) is 1.68. The number of alkyl halides is 3. The van der Waals surface area contributed by atoms with Crippen LogP contribution >= 0.6 is 24.0 Å². The van der Waals surface area contributed by atoms with Crippen molar-refractivity contribution in [1.29, 1.82) is 0 Å². The lowest BCUT2D eigenvalue weighted by molar-refractivity contribution is -0.135. The Kier molecular flexibility index (Phi) is 9.37. The van der Waals surface area contributed by atoms with Gasteiger partial charge in [-0.1, -0.05) is 0 Å². The third kappa shape index (κ3) is 7.50. The van der Waals surface area contributed by atoms with Crippen molar-refractivity contribution in [2.45, 2.75) is 37.9 Å². The number of unbranched alkanes of at least 4 members (excludes halogenated alkanes) is 1. The Hall–Kier alpha value is -1.33. The van der Waals surface area contributed by atoms with E-state index in [0.29, 0.717) is 37.8 Å². The van der Waals surface area contributed by atoms with Gasteiger partial charge in [-0.3, -0.25) is 4.99 Å². The molecule has 0 radical (unpaired) electrons. The zero-order valence-corrected chi connectivity index (χ0v) is 16.9. The third-order valence-corrected chi connectivity index (χ3v) is 3.97. The van der Waals surface area contributed by atoms with Crippen LogP contribution in [0.4, 0.5) is 23.4 Å². The van der Waals surface area contributed by atoms with E-state index in [0.717, 1.165) is 6.42 Å². The number of anilines is 1. The smallest absolute Gasteiger partial charge is 0.356 e. The Morgan fingerprint density at radius 2 is 2.15 bits per heavy atom. The molecule has 1 unspecified atom stereocenters. The van der Waals surface area contributed by atoms with E-state index >= 15 is 0 Å². The van der Waals surface area contributed by atoms with Crippen LogP contribution in [0.5, 0.6) is 0 Å². The van der Waals surface area contributed by atoms with Crippen molar-refractivity contribution in [1.82, 2.24) is 15.6 Å². The standard InChI is InChI=1S/C16H23F4N5.HI/c1-21-15(23-8-3-2-7-16(18,19)20)24-12-6-10-25(11-12)14-13(17)5-4-9-22-14;/h4-5,9,12H,2-3,6-8,10-11H2,1H3,(H2,21,23,24);1H. The summed E-state index contributed by atoms with van der Waals surface area (Å²) in [5.74, 6) is 0.526. The second-order valence-corrected chi connectivity index (χ2v) is 5.96. The van der Waals surface area contributed by atoms with Crippen LogP contribution in [0.25, 0.3) is 0 Å². The Balaban J connectivity index is 0.00000338. The highest BCUT2D eigenvalue weighted by atomic mass is 127. The molecule has 2 heterocycles. The third-order valence-electron chi connectivity index (χ3n) is 3.97. The van der Waals surface area contributed by atoms with Gasteiger partial charge in [-0.2, -0.15) is 13.2 Å². The maximum atomic E-state index is 13.8. The number of hydrogen-bond donors (Lipinski definition) is 2. The summed E-state index contributed by atoms with van der Waals surface area (Å²) in [4.78, 5) is 10.0. The number of aliphatic imine (C=N–C) groups is 1. The van der Waals surface area contributed by atoms with Crippen LogP contribution in [-0.4, -0.2) is 49.8 Å². The van der Waals surface area contributed by atoms with Gasteiger partial charge in [0.15, 0.2) is 17.6 Å². The Morgan fingerprint density at radius 3 is 2.81 bits per heavy atom.